The van der Waals surface area contributed by atoms with Crippen molar-refractivity contribution >= 4 is 19.7 Å². The van der Waals surface area contributed by atoms with E-state index in [0.29, 0.717) is 17.4 Å². The van der Waals surface area contributed by atoms with Crippen LogP contribution in [0.1, 0.15) is 342 Å². The maximum Gasteiger partial charge on any atom is 0.306 e. The van der Waals surface area contributed by atoms with Crippen LogP contribution < -0.4 is 10.2 Å². The van der Waals surface area contributed by atoms with Crippen LogP contribution in [-0.4, -0.2) is 69.4 Å². The van der Waals surface area contributed by atoms with Gasteiger partial charge in [0, 0.05) is 12.8 Å². The number of nitrogens with one attached hydrogen (secondary N) is 1. The van der Waals surface area contributed by atoms with Gasteiger partial charge in [0.2, 0.25) is 5.91 Å². The van der Waals surface area contributed by atoms with Gasteiger partial charge in [0.05, 0.1) is 33.8 Å². The van der Waals surface area contributed by atoms with Gasteiger partial charge in [0.25, 0.3) is 7.82 Å². The van der Waals surface area contributed by atoms with Gasteiger partial charge in [0.15, 0.2) is 0 Å². The summed E-state index contributed by atoms with van der Waals surface area (Å²) < 4.78 is 30.4. The topological polar surface area (TPSA) is 114 Å². The lowest BCUT2D eigenvalue weighted by Crippen LogP contribution is -2.47. The molecule has 0 radical (unpaired) electrons. The Bertz CT molecular complexity index is 1600. The first-order valence-corrected chi connectivity index (χ1v) is 37.1. The van der Waals surface area contributed by atoms with Gasteiger partial charge in [-0.2, -0.15) is 0 Å². The quantitative estimate of drug-likeness (QED) is 0.0212. The summed E-state index contributed by atoms with van der Waals surface area (Å²) in [6, 6.07) is -0.896. The summed E-state index contributed by atoms with van der Waals surface area (Å²) in [4.78, 5) is 40.1. The first kappa shape index (κ1) is 80.7. The van der Waals surface area contributed by atoms with Crippen LogP contribution in [0.4, 0.5) is 0 Å². The molecule has 0 fully saturated rings. The van der Waals surface area contributed by atoms with Gasteiger partial charge in [-0.1, -0.05) is 294 Å². The number of hydrogen-bond acceptors (Lipinski definition) is 7. The lowest BCUT2D eigenvalue weighted by molar-refractivity contribution is -0.870. The number of rotatable bonds is 65. The van der Waals surface area contributed by atoms with E-state index in [1.54, 1.807) is 0 Å². The molecular formula is C73H137N2O7P. The zero-order valence-corrected chi connectivity index (χ0v) is 56.6. The number of nitrogens with zero attached hydrogens (tertiary/aromatic N) is 1. The summed E-state index contributed by atoms with van der Waals surface area (Å²) in [7, 11) is 1.18. The summed E-state index contributed by atoms with van der Waals surface area (Å²) in [5, 5.41) is 3.03. The number of phosphoric ester groups is 1. The van der Waals surface area contributed by atoms with E-state index in [1.165, 1.54) is 212 Å². The Kier molecular flexibility index (Phi) is 61.0. The molecule has 0 heterocycles. The molecule has 486 valence electrons. The van der Waals surface area contributed by atoms with E-state index in [9.17, 15) is 19.0 Å². The molecule has 9 nitrogen and oxygen atoms in total. The lowest BCUT2D eigenvalue weighted by Gasteiger charge is -2.30. The number of amides is 1. The maximum absolute atomic E-state index is 13.6. The molecule has 0 spiro atoms. The summed E-state index contributed by atoms with van der Waals surface area (Å²) in [5.74, 6) is -0.544. The third-order valence-corrected chi connectivity index (χ3v) is 16.9. The molecule has 0 bridgehead atoms. The van der Waals surface area contributed by atoms with Crippen molar-refractivity contribution in [2.24, 2.45) is 0 Å². The molecule has 0 rings (SSSR count). The van der Waals surface area contributed by atoms with Crippen LogP contribution >= 0.6 is 7.82 Å². The number of unbranched alkanes of at least 4 members (excludes halogenated alkanes) is 41. The van der Waals surface area contributed by atoms with Crippen molar-refractivity contribution in [1.29, 1.82) is 0 Å². The molecular weight excluding hydrogens is 1050 g/mol. The van der Waals surface area contributed by atoms with E-state index in [0.717, 1.165) is 96.3 Å². The molecule has 0 saturated carbocycles. The van der Waals surface area contributed by atoms with Crippen molar-refractivity contribution in [2.45, 2.75) is 354 Å². The van der Waals surface area contributed by atoms with Gasteiger partial charge in [-0.05, 0) is 96.0 Å². The fourth-order valence-electron chi connectivity index (χ4n) is 10.4. The first-order valence-electron chi connectivity index (χ1n) is 35.6. The standard InChI is InChI=1S/C73H137N2O7P/c1-7-10-13-16-19-22-25-27-29-31-33-34-35-36-37-38-39-40-42-44-46-48-51-54-57-60-63-66-73(77)82-71(64-61-58-55-52-49-24-21-18-15-12-9-3)70(69-81-83(78,79)80-68-67-75(4,5)6)74-72(76)65-62-59-56-53-50-47-45-43-41-32-30-28-26-23-20-17-14-11-8-2/h20,23,27-30,41,43,61,64,70-71H,7-19,21-22,24-26,31-40,42,44-60,62-63,65-69H2,1-6H3,(H-,74,76,78,79)/b23-20-,29-27+,30-28-,43-41-,64-61-. The van der Waals surface area contributed by atoms with Crippen molar-refractivity contribution in [1.82, 2.24) is 5.32 Å². The zero-order chi connectivity index (χ0) is 60.7. The van der Waals surface area contributed by atoms with Crippen molar-refractivity contribution in [3.63, 3.8) is 0 Å². The molecule has 0 aromatic heterocycles. The van der Waals surface area contributed by atoms with Gasteiger partial charge >= 0.3 is 5.97 Å². The van der Waals surface area contributed by atoms with Crippen LogP contribution in [0.2, 0.25) is 0 Å². The number of hydrogen-bond donors (Lipinski definition) is 1. The van der Waals surface area contributed by atoms with E-state index < -0.39 is 26.6 Å². The van der Waals surface area contributed by atoms with Gasteiger partial charge < -0.3 is 28.5 Å². The molecule has 0 aromatic carbocycles. The molecule has 1 N–H and O–H groups in total. The van der Waals surface area contributed by atoms with E-state index in [4.69, 9.17) is 13.8 Å². The SMILES string of the molecule is CCCCC/C=C\C/C=C\C/C=C\CCCCCCCCC(=O)NC(COP(=O)([O-])OCC[N+](C)(C)C)C(/C=C\CCCCCCCCCCC)OC(=O)CCCCCCCCCCCCCCCCCCC/C=C/CCCCCCCC. The molecule has 10 heteroatoms. The molecule has 0 aliphatic heterocycles. The molecule has 83 heavy (non-hydrogen) atoms. The molecule has 0 aliphatic carbocycles. The van der Waals surface area contributed by atoms with Crippen molar-refractivity contribution in [2.75, 3.05) is 40.9 Å². The number of likely N-dealkylation sites (N-methyl/N-ethyl adjacent to an activating group) is 1. The van der Waals surface area contributed by atoms with Crippen LogP contribution in [0.5, 0.6) is 0 Å². The highest BCUT2D eigenvalue weighted by molar-refractivity contribution is 7.45. The van der Waals surface area contributed by atoms with Crippen LogP contribution in [0.3, 0.4) is 0 Å². The number of ether oxygens (including phenoxy) is 1. The fourth-order valence-corrected chi connectivity index (χ4v) is 11.1. The summed E-state index contributed by atoms with van der Waals surface area (Å²) >= 11 is 0. The van der Waals surface area contributed by atoms with E-state index in [-0.39, 0.29) is 24.9 Å². The number of carbonyl (C=O) groups is 2. The number of phosphoric acid groups is 1. The van der Waals surface area contributed by atoms with Crippen molar-refractivity contribution in [3.8, 4) is 0 Å². The molecule has 3 unspecified atom stereocenters. The second-order valence-electron chi connectivity index (χ2n) is 25.4. The molecule has 0 saturated heterocycles. The predicted octanol–water partition coefficient (Wildman–Crippen LogP) is 21.9. The van der Waals surface area contributed by atoms with Crippen molar-refractivity contribution in [3.05, 3.63) is 60.8 Å². The summed E-state index contributed by atoms with van der Waals surface area (Å²) in [6.45, 7) is 6.83. The molecule has 0 aromatic rings. The zero-order valence-electron chi connectivity index (χ0n) is 55.7. The smallest absolute Gasteiger partial charge is 0.306 e. The Morgan fingerprint density at radius 2 is 0.735 bits per heavy atom. The first-order chi connectivity index (χ1) is 40.4. The van der Waals surface area contributed by atoms with E-state index in [2.05, 4.69) is 74.7 Å². The normalized spacial score (nSPS) is 13.9. The van der Waals surface area contributed by atoms with Gasteiger partial charge in [-0.3, -0.25) is 14.2 Å². The highest BCUT2D eigenvalue weighted by Gasteiger charge is 2.27. The van der Waals surface area contributed by atoms with Gasteiger partial charge in [0.1, 0.15) is 19.3 Å². The molecule has 1 amide bonds. The molecule has 3 atom stereocenters. The highest BCUT2D eigenvalue weighted by Crippen LogP contribution is 2.38. The third-order valence-electron chi connectivity index (χ3n) is 15.9. The van der Waals surface area contributed by atoms with Crippen LogP contribution in [0.15, 0.2) is 60.8 Å². The Balaban J connectivity index is 4.98. The lowest BCUT2D eigenvalue weighted by atomic mass is 10.0. The third kappa shape index (κ3) is 64.0. The molecule has 0 aliphatic rings. The van der Waals surface area contributed by atoms with E-state index in [1.807, 2.05) is 33.3 Å². The maximum atomic E-state index is 13.6. The van der Waals surface area contributed by atoms with Crippen LogP contribution in [0, 0.1) is 0 Å². The summed E-state index contributed by atoms with van der Waals surface area (Å²) in [5.41, 5.74) is 0. The second kappa shape index (κ2) is 62.8. The number of carbonyl (C=O) groups excluding carboxylic acids is 2. The van der Waals surface area contributed by atoms with Crippen LogP contribution in [0.25, 0.3) is 0 Å². The Morgan fingerprint density at radius 1 is 0.422 bits per heavy atom. The second-order valence-corrected chi connectivity index (χ2v) is 26.8. The largest absolute Gasteiger partial charge is 0.756 e. The highest BCUT2D eigenvalue weighted by atomic mass is 31.2. The average Bonchev–Trinajstić information content (AvgIpc) is 3.52. The Hall–Kier alpha value is -2.29. The Labute approximate surface area is 515 Å². The fraction of sp³-hybridized carbons (Fsp3) is 0.836. The summed E-state index contributed by atoms with van der Waals surface area (Å²) in [6.07, 6.45) is 80.7. The number of esters is 1. The number of allylic oxidation sites excluding steroid dienone is 9. The van der Waals surface area contributed by atoms with E-state index >= 15 is 0 Å². The minimum Gasteiger partial charge on any atom is -0.756 e. The Morgan fingerprint density at radius 3 is 1.13 bits per heavy atom. The van der Waals surface area contributed by atoms with Crippen molar-refractivity contribution < 1.29 is 37.3 Å². The monoisotopic (exact) mass is 1190 g/mol. The number of quaternary nitrogens is 1. The van der Waals surface area contributed by atoms with Gasteiger partial charge in [-0.15, -0.1) is 0 Å². The van der Waals surface area contributed by atoms with Crippen LogP contribution in [-0.2, 0) is 27.9 Å². The average molecular weight is 1190 g/mol. The minimum absolute atomic E-state index is 0.0251. The minimum atomic E-state index is -4.71. The van der Waals surface area contributed by atoms with Gasteiger partial charge in [-0.25, -0.2) is 0 Å². The predicted molar refractivity (Wildman–Crippen MR) is 358 cm³/mol.